The Bertz CT molecular complexity index is 704. The van der Waals surface area contributed by atoms with Crippen LogP contribution in [0.25, 0.3) is 6.08 Å². The average Bonchev–Trinajstić information content (AvgIpc) is 2.70. The van der Waals surface area contributed by atoms with Gasteiger partial charge in [-0.3, -0.25) is 14.5 Å². The second-order valence-corrected chi connectivity index (χ2v) is 6.30. The minimum atomic E-state index is -1.15. The molecule has 0 atom stereocenters. The molecule has 1 aliphatic rings. The highest BCUT2D eigenvalue weighted by Crippen LogP contribution is 2.37. The molecule has 0 unspecified atom stereocenters. The SMILES string of the molecule is COc1cc(/C=C2\SC(=S)N(CC(=O)O)C2=O)cc(Cl)c1O. The Kier molecular flexibility index (Phi) is 4.94. The molecule has 1 aromatic carbocycles. The molecule has 1 heterocycles. The van der Waals surface area contributed by atoms with E-state index in [-0.39, 0.29) is 25.7 Å². The van der Waals surface area contributed by atoms with Gasteiger partial charge in [0.2, 0.25) is 0 Å². The van der Waals surface area contributed by atoms with Gasteiger partial charge in [-0.2, -0.15) is 0 Å². The number of phenols is 1. The number of carboxylic acid groups (broad SMARTS) is 1. The second kappa shape index (κ2) is 6.55. The molecule has 22 heavy (non-hydrogen) atoms. The van der Waals surface area contributed by atoms with Gasteiger partial charge in [0.1, 0.15) is 10.9 Å². The van der Waals surface area contributed by atoms with Crippen LogP contribution in [-0.4, -0.2) is 45.0 Å². The molecule has 116 valence electrons. The van der Waals surface area contributed by atoms with E-state index in [1.165, 1.54) is 25.3 Å². The van der Waals surface area contributed by atoms with E-state index in [0.29, 0.717) is 5.56 Å². The fourth-order valence-electron chi connectivity index (χ4n) is 1.76. The first-order valence-corrected chi connectivity index (χ1v) is 7.47. The summed E-state index contributed by atoms with van der Waals surface area (Å²) >= 11 is 11.9. The van der Waals surface area contributed by atoms with E-state index >= 15 is 0 Å². The van der Waals surface area contributed by atoms with Crippen LogP contribution in [-0.2, 0) is 9.59 Å². The largest absolute Gasteiger partial charge is 0.503 e. The van der Waals surface area contributed by atoms with Crippen molar-refractivity contribution in [2.45, 2.75) is 0 Å². The van der Waals surface area contributed by atoms with Crippen LogP contribution in [0.4, 0.5) is 0 Å². The third-order valence-corrected chi connectivity index (χ3v) is 4.40. The Hall–Kier alpha value is -1.77. The third-order valence-electron chi connectivity index (χ3n) is 2.74. The Morgan fingerprint density at radius 3 is 2.82 bits per heavy atom. The van der Waals surface area contributed by atoms with E-state index in [1.54, 1.807) is 0 Å². The van der Waals surface area contributed by atoms with E-state index in [1.807, 2.05) is 0 Å². The number of hydrogen-bond donors (Lipinski definition) is 2. The summed E-state index contributed by atoms with van der Waals surface area (Å²) in [5, 5.41) is 18.5. The highest BCUT2D eigenvalue weighted by Gasteiger charge is 2.33. The van der Waals surface area contributed by atoms with Gasteiger partial charge in [-0.05, 0) is 23.8 Å². The number of benzene rings is 1. The van der Waals surface area contributed by atoms with Crippen LogP contribution in [0.1, 0.15) is 5.56 Å². The number of carboxylic acids is 1. The molecule has 1 aliphatic heterocycles. The Morgan fingerprint density at radius 1 is 1.55 bits per heavy atom. The molecule has 1 aromatic rings. The predicted molar refractivity (Wildman–Crippen MR) is 87.2 cm³/mol. The summed E-state index contributed by atoms with van der Waals surface area (Å²) in [5.41, 5.74) is 0.524. The summed E-state index contributed by atoms with van der Waals surface area (Å²) in [5.74, 6) is -1.66. The van der Waals surface area contributed by atoms with Gasteiger partial charge in [-0.1, -0.05) is 35.6 Å². The van der Waals surface area contributed by atoms with Gasteiger partial charge < -0.3 is 14.9 Å². The van der Waals surface area contributed by atoms with Gasteiger partial charge in [0, 0.05) is 0 Å². The van der Waals surface area contributed by atoms with Crippen molar-refractivity contribution in [2.75, 3.05) is 13.7 Å². The quantitative estimate of drug-likeness (QED) is 0.630. The van der Waals surface area contributed by atoms with Gasteiger partial charge in [0.25, 0.3) is 5.91 Å². The zero-order valence-electron chi connectivity index (χ0n) is 11.2. The first-order chi connectivity index (χ1) is 10.3. The number of aromatic hydroxyl groups is 1. The molecule has 6 nitrogen and oxygen atoms in total. The van der Waals surface area contributed by atoms with Gasteiger partial charge in [0.15, 0.2) is 11.5 Å². The van der Waals surface area contributed by atoms with Crippen LogP contribution in [0.3, 0.4) is 0 Å². The summed E-state index contributed by atoms with van der Waals surface area (Å²) < 4.78 is 5.16. The number of aliphatic carboxylic acids is 1. The molecule has 9 heteroatoms. The van der Waals surface area contributed by atoms with E-state index in [2.05, 4.69) is 0 Å². The summed E-state index contributed by atoms with van der Waals surface area (Å²) in [4.78, 5) is 24.1. The van der Waals surface area contributed by atoms with Crippen molar-refractivity contribution < 1.29 is 24.5 Å². The number of hydrogen-bond acceptors (Lipinski definition) is 6. The smallest absolute Gasteiger partial charge is 0.323 e. The van der Waals surface area contributed by atoms with Crippen LogP contribution in [0.5, 0.6) is 11.5 Å². The predicted octanol–water partition coefficient (Wildman–Crippen LogP) is 2.34. The molecule has 0 radical (unpaired) electrons. The summed E-state index contributed by atoms with van der Waals surface area (Å²) in [6.07, 6.45) is 1.51. The van der Waals surface area contributed by atoms with Gasteiger partial charge >= 0.3 is 5.97 Å². The molecule has 0 aromatic heterocycles. The van der Waals surface area contributed by atoms with Crippen molar-refractivity contribution in [3.05, 3.63) is 27.6 Å². The minimum absolute atomic E-state index is 0.0756. The normalized spacial score (nSPS) is 16.5. The van der Waals surface area contributed by atoms with Crippen molar-refractivity contribution in [1.29, 1.82) is 0 Å². The molecule has 1 fully saturated rings. The molecular formula is C13H10ClNO5S2. The van der Waals surface area contributed by atoms with Crippen molar-refractivity contribution in [1.82, 2.24) is 4.90 Å². The number of methoxy groups -OCH3 is 1. The third kappa shape index (κ3) is 3.34. The van der Waals surface area contributed by atoms with Crippen molar-refractivity contribution >= 4 is 57.9 Å². The number of carbonyl (C=O) groups is 2. The minimum Gasteiger partial charge on any atom is -0.503 e. The number of ether oxygens (including phenoxy) is 1. The molecule has 0 spiro atoms. The van der Waals surface area contributed by atoms with Crippen molar-refractivity contribution in [2.24, 2.45) is 0 Å². The average molecular weight is 360 g/mol. The summed E-state index contributed by atoms with van der Waals surface area (Å²) in [7, 11) is 1.38. The monoisotopic (exact) mass is 359 g/mol. The maximum Gasteiger partial charge on any atom is 0.323 e. The number of nitrogens with zero attached hydrogens (tertiary/aromatic N) is 1. The Morgan fingerprint density at radius 2 is 2.23 bits per heavy atom. The van der Waals surface area contributed by atoms with E-state index < -0.39 is 18.4 Å². The van der Waals surface area contributed by atoms with E-state index in [0.717, 1.165) is 16.7 Å². The number of thiocarbonyl (C=S) groups is 1. The van der Waals surface area contributed by atoms with Crippen molar-refractivity contribution in [3.8, 4) is 11.5 Å². The lowest BCUT2D eigenvalue weighted by Crippen LogP contribution is -2.33. The fraction of sp³-hybridized carbons (Fsp3) is 0.154. The van der Waals surface area contributed by atoms with E-state index in [4.69, 9.17) is 33.7 Å². The molecular weight excluding hydrogens is 350 g/mol. The molecule has 1 amide bonds. The van der Waals surface area contributed by atoms with Gasteiger partial charge in [0.05, 0.1) is 17.0 Å². The lowest BCUT2D eigenvalue weighted by molar-refractivity contribution is -0.140. The zero-order chi connectivity index (χ0) is 16.4. The Balaban J connectivity index is 2.34. The lowest BCUT2D eigenvalue weighted by atomic mass is 10.2. The highest BCUT2D eigenvalue weighted by molar-refractivity contribution is 8.26. The van der Waals surface area contributed by atoms with Crippen LogP contribution < -0.4 is 4.74 Å². The number of phenolic OH excluding ortho intramolecular Hbond substituents is 1. The molecule has 0 saturated carbocycles. The zero-order valence-corrected chi connectivity index (χ0v) is 13.6. The first kappa shape index (κ1) is 16.6. The highest BCUT2D eigenvalue weighted by atomic mass is 35.5. The van der Waals surface area contributed by atoms with Crippen LogP contribution >= 0.6 is 35.6 Å². The van der Waals surface area contributed by atoms with Crippen LogP contribution in [0.15, 0.2) is 17.0 Å². The summed E-state index contributed by atoms with van der Waals surface area (Å²) in [6.45, 7) is -0.484. The topological polar surface area (TPSA) is 87.1 Å². The molecule has 2 N–H and O–H groups in total. The summed E-state index contributed by atoms with van der Waals surface area (Å²) in [6, 6.07) is 2.97. The Labute approximate surface area is 140 Å². The maximum absolute atomic E-state index is 12.1. The standard InChI is InChI=1S/C13H10ClNO5S2/c1-20-8-3-6(2-7(14)11(8)18)4-9-12(19)15(5-10(16)17)13(21)22-9/h2-4,18H,5H2,1H3,(H,16,17)/b9-4-. The molecule has 2 rings (SSSR count). The fourth-order valence-corrected chi connectivity index (χ4v) is 3.23. The number of thioether (sulfide) groups is 1. The van der Waals surface area contributed by atoms with Gasteiger partial charge in [-0.15, -0.1) is 0 Å². The number of rotatable bonds is 4. The van der Waals surface area contributed by atoms with Crippen LogP contribution in [0, 0.1) is 0 Å². The lowest BCUT2D eigenvalue weighted by Gasteiger charge is -2.10. The molecule has 1 saturated heterocycles. The number of amides is 1. The maximum atomic E-state index is 12.1. The molecule has 0 bridgehead atoms. The van der Waals surface area contributed by atoms with Crippen molar-refractivity contribution in [3.63, 3.8) is 0 Å². The van der Waals surface area contributed by atoms with E-state index in [9.17, 15) is 14.7 Å². The van der Waals surface area contributed by atoms with Gasteiger partial charge in [-0.25, -0.2) is 0 Å². The number of carbonyl (C=O) groups excluding carboxylic acids is 1. The van der Waals surface area contributed by atoms with Crippen LogP contribution in [0.2, 0.25) is 5.02 Å². The first-order valence-electron chi connectivity index (χ1n) is 5.87. The molecule has 0 aliphatic carbocycles. The second-order valence-electron chi connectivity index (χ2n) is 4.22. The number of halogens is 1.